The number of aryl methyl sites for hydroxylation is 2. The maximum atomic E-state index is 14.2. The summed E-state index contributed by atoms with van der Waals surface area (Å²) in [6.07, 6.45) is 1.69. The number of hydrogen-bond acceptors (Lipinski definition) is 7. The normalized spacial score (nSPS) is 16.6. The molecule has 4 rings (SSSR count). The van der Waals surface area contributed by atoms with E-state index in [9.17, 15) is 33.4 Å². The van der Waals surface area contributed by atoms with Gasteiger partial charge in [-0.1, -0.05) is 26.0 Å². The molecule has 1 aliphatic rings. The van der Waals surface area contributed by atoms with Crippen molar-refractivity contribution in [1.82, 2.24) is 10.6 Å². The molecule has 224 valence electrons. The predicted octanol–water partition coefficient (Wildman–Crippen LogP) is 4.86. The minimum absolute atomic E-state index is 0. The molecular weight excluding hydrogens is 570 g/mol. The Bertz CT molecular complexity index is 1440. The molecule has 0 spiro atoms. The number of nitrogens with one attached hydrogen (secondary N) is 2. The summed E-state index contributed by atoms with van der Waals surface area (Å²) >= 11 is 0. The van der Waals surface area contributed by atoms with E-state index in [2.05, 4.69) is 10.6 Å². The highest BCUT2D eigenvalue weighted by Gasteiger charge is 2.30. The molecular formula is C31H33ClF2N2O6. The molecule has 11 heteroatoms. The van der Waals surface area contributed by atoms with E-state index in [0.717, 1.165) is 12.1 Å². The summed E-state index contributed by atoms with van der Waals surface area (Å²) in [4.78, 5) is 38.9. The maximum absolute atomic E-state index is 14.2. The number of benzene rings is 3. The Balaban J connectivity index is 0.00000484. The van der Waals surface area contributed by atoms with Crippen LogP contribution in [-0.2, 0) is 17.6 Å². The molecule has 0 aliphatic carbocycles. The van der Waals surface area contributed by atoms with Crippen LogP contribution in [0.4, 0.5) is 8.78 Å². The number of rotatable bonds is 8. The zero-order valence-electron chi connectivity index (χ0n) is 23.2. The van der Waals surface area contributed by atoms with Gasteiger partial charge in [0.15, 0.2) is 17.4 Å². The minimum atomic E-state index is -1.46. The van der Waals surface area contributed by atoms with Gasteiger partial charge in [0.1, 0.15) is 23.2 Å². The van der Waals surface area contributed by atoms with E-state index in [-0.39, 0.29) is 35.2 Å². The molecule has 0 bridgehead atoms. The van der Waals surface area contributed by atoms with Gasteiger partial charge < -0.3 is 25.6 Å². The molecule has 0 aromatic heterocycles. The van der Waals surface area contributed by atoms with Crippen LogP contribution in [0.3, 0.4) is 0 Å². The van der Waals surface area contributed by atoms with E-state index in [1.165, 1.54) is 24.3 Å². The number of carbonyl (C=O) groups is 3. The van der Waals surface area contributed by atoms with Crippen LogP contribution in [0.1, 0.15) is 74.5 Å². The van der Waals surface area contributed by atoms with E-state index >= 15 is 0 Å². The van der Waals surface area contributed by atoms with Crippen molar-refractivity contribution in [2.45, 2.75) is 51.7 Å². The average Bonchev–Trinajstić information content (AvgIpc) is 3.19. The van der Waals surface area contributed by atoms with Crippen LogP contribution >= 0.6 is 12.4 Å². The summed E-state index contributed by atoms with van der Waals surface area (Å²) < 4.78 is 33.5. The third kappa shape index (κ3) is 7.06. The third-order valence-electron chi connectivity index (χ3n) is 7.20. The lowest BCUT2D eigenvalue weighted by molar-refractivity contribution is 0.0192. The fraction of sp³-hybridized carbons (Fsp3) is 0.323. The Morgan fingerprint density at radius 3 is 2.19 bits per heavy atom. The molecule has 1 aliphatic heterocycles. The van der Waals surface area contributed by atoms with Crippen molar-refractivity contribution in [2.75, 3.05) is 13.1 Å². The van der Waals surface area contributed by atoms with E-state index in [1.54, 1.807) is 12.1 Å². The third-order valence-corrected chi connectivity index (χ3v) is 7.20. The number of halogens is 3. The fourth-order valence-electron chi connectivity index (χ4n) is 4.85. The Morgan fingerprint density at radius 1 is 0.952 bits per heavy atom. The van der Waals surface area contributed by atoms with Crippen LogP contribution in [-0.4, -0.2) is 53.1 Å². The van der Waals surface area contributed by atoms with Gasteiger partial charge in [-0.3, -0.25) is 9.59 Å². The van der Waals surface area contributed by atoms with E-state index in [4.69, 9.17) is 4.74 Å². The maximum Gasteiger partial charge on any atom is 0.338 e. The number of amides is 1. The SMILES string of the molecule is CCc1cc(C(=O)N[C@@H]2CNCCC[C@H]2OC(=O)c2ccc(C(=O)c3c(O)ccc(F)c3F)cc2)cc(CC)c1O.Cl. The van der Waals surface area contributed by atoms with Crippen molar-refractivity contribution >= 4 is 30.1 Å². The van der Waals surface area contributed by atoms with Crippen LogP contribution in [0.2, 0.25) is 0 Å². The first-order chi connectivity index (χ1) is 19.6. The standard InChI is InChI=1S/C31H32F2N2O6.ClH/c1-3-17-14-21(15-18(4-2)28(17)37)30(39)35-23-16-34-13-5-6-25(23)41-31(40)20-9-7-19(8-10-20)29(38)26-24(36)12-11-22(32)27(26)33;/h7-12,14-15,23,25,34,36-37H,3-6,13,16H2,1-2H3,(H,35,39);1H/t23-,25-;/m1./s1. The van der Waals surface area contributed by atoms with Crippen molar-refractivity contribution < 1.29 is 38.1 Å². The highest BCUT2D eigenvalue weighted by atomic mass is 35.5. The van der Waals surface area contributed by atoms with Crippen molar-refractivity contribution in [3.8, 4) is 11.5 Å². The van der Waals surface area contributed by atoms with Gasteiger partial charge in [-0.05, 0) is 79.8 Å². The van der Waals surface area contributed by atoms with Crippen molar-refractivity contribution in [2.24, 2.45) is 0 Å². The summed E-state index contributed by atoms with van der Waals surface area (Å²) in [5.74, 6) is -5.20. The van der Waals surface area contributed by atoms with Gasteiger partial charge in [-0.2, -0.15) is 0 Å². The predicted molar refractivity (Wildman–Crippen MR) is 155 cm³/mol. The van der Waals surface area contributed by atoms with Crippen molar-refractivity contribution in [3.63, 3.8) is 0 Å². The van der Waals surface area contributed by atoms with Gasteiger partial charge >= 0.3 is 5.97 Å². The van der Waals surface area contributed by atoms with Gasteiger partial charge in [0.05, 0.1) is 11.6 Å². The van der Waals surface area contributed by atoms with Crippen LogP contribution in [0, 0.1) is 11.6 Å². The molecule has 2 atom stereocenters. The summed E-state index contributed by atoms with van der Waals surface area (Å²) in [7, 11) is 0. The van der Waals surface area contributed by atoms with Crippen LogP contribution in [0.15, 0.2) is 48.5 Å². The lowest BCUT2D eigenvalue weighted by atomic mass is 9.99. The second-order valence-corrected chi connectivity index (χ2v) is 9.88. The van der Waals surface area contributed by atoms with Crippen LogP contribution in [0.5, 0.6) is 11.5 Å². The first kappa shape index (κ1) is 32.5. The van der Waals surface area contributed by atoms with Crippen LogP contribution in [0.25, 0.3) is 0 Å². The Kier molecular flexibility index (Phi) is 11.0. The molecule has 42 heavy (non-hydrogen) atoms. The molecule has 0 unspecified atom stereocenters. The van der Waals surface area contributed by atoms with Crippen molar-refractivity contribution in [1.29, 1.82) is 0 Å². The molecule has 1 heterocycles. The highest BCUT2D eigenvalue weighted by molar-refractivity contribution is 6.11. The van der Waals surface area contributed by atoms with Gasteiger partial charge in [0.25, 0.3) is 5.91 Å². The van der Waals surface area contributed by atoms with Gasteiger partial charge in [0, 0.05) is 17.7 Å². The number of phenolic OH excluding ortho intramolecular Hbond substituents is 2. The Hall–Kier alpha value is -4.02. The lowest BCUT2D eigenvalue weighted by Crippen LogP contribution is -2.49. The lowest BCUT2D eigenvalue weighted by Gasteiger charge is -2.26. The fourth-order valence-corrected chi connectivity index (χ4v) is 4.85. The van der Waals surface area contributed by atoms with E-state index in [1.807, 2.05) is 13.8 Å². The topological polar surface area (TPSA) is 125 Å². The second-order valence-electron chi connectivity index (χ2n) is 9.88. The number of carbonyl (C=O) groups excluding carboxylic acids is 3. The summed E-state index contributed by atoms with van der Waals surface area (Å²) in [5.41, 5.74) is 1.02. The van der Waals surface area contributed by atoms with Gasteiger partial charge in [-0.15, -0.1) is 12.4 Å². The van der Waals surface area contributed by atoms with Gasteiger partial charge in [-0.25, -0.2) is 13.6 Å². The Morgan fingerprint density at radius 2 is 1.57 bits per heavy atom. The number of phenols is 2. The van der Waals surface area contributed by atoms with E-state index in [0.29, 0.717) is 55.5 Å². The first-order valence-electron chi connectivity index (χ1n) is 13.5. The van der Waals surface area contributed by atoms with Crippen LogP contribution < -0.4 is 10.6 Å². The largest absolute Gasteiger partial charge is 0.507 e. The van der Waals surface area contributed by atoms with E-state index < -0.39 is 46.8 Å². The summed E-state index contributed by atoms with van der Waals surface area (Å²) in [5, 5.41) is 26.5. The number of ketones is 1. The summed E-state index contributed by atoms with van der Waals surface area (Å²) in [6, 6.07) is 9.56. The number of esters is 1. The molecule has 1 fully saturated rings. The number of ether oxygens (including phenoxy) is 1. The first-order valence-corrected chi connectivity index (χ1v) is 13.5. The molecule has 4 N–H and O–H groups in total. The quantitative estimate of drug-likeness (QED) is 0.214. The molecule has 8 nitrogen and oxygen atoms in total. The van der Waals surface area contributed by atoms with Crippen molar-refractivity contribution in [3.05, 3.63) is 93.5 Å². The zero-order chi connectivity index (χ0) is 29.7. The van der Waals surface area contributed by atoms with Gasteiger partial charge in [0.2, 0.25) is 0 Å². The molecule has 3 aromatic rings. The zero-order valence-corrected chi connectivity index (χ0v) is 24.0. The second kappa shape index (κ2) is 14.2. The average molecular weight is 603 g/mol. The molecule has 0 radical (unpaired) electrons. The number of hydrogen-bond donors (Lipinski definition) is 4. The molecule has 0 saturated carbocycles. The Labute approximate surface area is 248 Å². The minimum Gasteiger partial charge on any atom is -0.507 e. The molecule has 1 amide bonds. The molecule has 3 aromatic carbocycles. The monoisotopic (exact) mass is 602 g/mol. The smallest absolute Gasteiger partial charge is 0.338 e. The summed E-state index contributed by atoms with van der Waals surface area (Å²) in [6.45, 7) is 4.85. The highest BCUT2D eigenvalue weighted by Crippen LogP contribution is 2.27. The number of aromatic hydroxyl groups is 2. The molecule has 1 saturated heterocycles.